The van der Waals surface area contributed by atoms with Crippen molar-refractivity contribution < 1.29 is 8.42 Å². The van der Waals surface area contributed by atoms with E-state index in [-0.39, 0.29) is 17.5 Å². The lowest BCUT2D eigenvalue weighted by atomic mass is 10.1. The van der Waals surface area contributed by atoms with E-state index in [0.29, 0.717) is 6.54 Å². The Kier molecular flexibility index (Phi) is 4.16. The molecule has 1 fully saturated rings. The Morgan fingerprint density at radius 3 is 2.63 bits per heavy atom. The number of rotatable bonds is 3. The van der Waals surface area contributed by atoms with Crippen LogP contribution in [0.4, 0.5) is 5.69 Å². The summed E-state index contributed by atoms with van der Waals surface area (Å²) in [6, 6.07) is 8.37. The second-order valence-corrected chi connectivity index (χ2v) is 7.69. The quantitative estimate of drug-likeness (QED) is 0.839. The molecule has 1 saturated heterocycles. The van der Waals surface area contributed by atoms with Gasteiger partial charge >= 0.3 is 0 Å². The number of benzene rings is 1. The molecule has 1 aliphatic rings. The van der Waals surface area contributed by atoms with E-state index in [1.807, 2.05) is 33.2 Å². The summed E-state index contributed by atoms with van der Waals surface area (Å²) in [6.45, 7) is 3.44. The molecule has 0 spiro atoms. The predicted molar refractivity (Wildman–Crippen MR) is 79.3 cm³/mol. The van der Waals surface area contributed by atoms with Crippen molar-refractivity contribution >= 4 is 15.5 Å². The Hall–Kier alpha value is -1.07. The molecule has 0 aliphatic carbocycles. The van der Waals surface area contributed by atoms with Gasteiger partial charge in [0, 0.05) is 38.9 Å². The summed E-state index contributed by atoms with van der Waals surface area (Å²) >= 11 is 0. The van der Waals surface area contributed by atoms with Gasteiger partial charge in [-0.3, -0.25) is 4.90 Å². The summed E-state index contributed by atoms with van der Waals surface area (Å²) in [5, 5.41) is 0. The highest BCUT2D eigenvalue weighted by molar-refractivity contribution is 7.91. The normalized spacial score (nSPS) is 23.2. The highest BCUT2D eigenvalue weighted by Gasteiger charge is 2.28. The molecular weight excluding hydrogens is 260 g/mol. The molecule has 0 unspecified atom stereocenters. The van der Waals surface area contributed by atoms with Gasteiger partial charge in [-0.1, -0.05) is 18.2 Å². The summed E-state index contributed by atoms with van der Waals surface area (Å²) < 4.78 is 23.2. The Labute approximate surface area is 115 Å². The molecule has 0 radical (unpaired) electrons. The van der Waals surface area contributed by atoms with Gasteiger partial charge in [-0.15, -0.1) is 0 Å². The minimum atomic E-state index is -2.84. The summed E-state index contributed by atoms with van der Waals surface area (Å²) in [4.78, 5) is 4.35. The van der Waals surface area contributed by atoms with Crippen molar-refractivity contribution in [2.24, 2.45) is 0 Å². The lowest BCUT2D eigenvalue weighted by Crippen LogP contribution is -2.46. The minimum absolute atomic E-state index is 0.0916. The van der Waals surface area contributed by atoms with Gasteiger partial charge in [0.1, 0.15) is 0 Å². The van der Waals surface area contributed by atoms with E-state index in [1.165, 1.54) is 11.3 Å². The summed E-state index contributed by atoms with van der Waals surface area (Å²) in [7, 11) is 1.23. The first kappa shape index (κ1) is 14.3. The second kappa shape index (κ2) is 5.51. The molecule has 0 saturated carbocycles. The summed E-state index contributed by atoms with van der Waals surface area (Å²) in [5.74, 6) is 0.554. The van der Waals surface area contributed by atoms with E-state index in [1.54, 1.807) is 0 Å². The highest BCUT2D eigenvalue weighted by Crippen LogP contribution is 2.22. The Morgan fingerprint density at radius 2 is 2.00 bits per heavy atom. The van der Waals surface area contributed by atoms with Crippen LogP contribution in [0.2, 0.25) is 0 Å². The fraction of sp³-hybridized carbons (Fsp3) is 0.571. The van der Waals surface area contributed by atoms with Crippen molar-refractivity contribution in [2.45, 2.75) is 19.5 Å². The van der Waals surface area contributed by atoms with Crippen LogP contribution in [0.3, 0.4) is 0 Å². The molecule has 1 atom stereocenters. The monoisotopic (exact) mass is 282 g/mol. The number of hydrogen-bond donors (Lipinski definition) is 0. The Morgan fingerprint density at radius 1 is 1.32 bits per heavy atom. The third-order valence-corrected chi connectivity index (χ3v) is 5.45. The first-order chi connectivity index (χ1) is 8.89. The average Bonchev–Trinajstić information content (AvgIpc) is 2.32. The summed E-state index contributed by atoms with van der Waals surface area (Å²) in [5.41, 5.74) is 2.45. The largest absolute Gasteiger partial charge is 0.377 e. The molecule has 1 aliphatic heterocycles. The second-order valence-electron chi connectivity index (χ2n) is 5.46. The van der Waals surface area contributed by atoms with Gasteiger partial charge in [0.2, 0.25) is 0 Å². The van der Waals surface area contributed by atoms with Gasteiger partial charge in [-0.2, -0.15) is 0 Å². The third-order valence-electron chi connectivity index (χ3n) is 3.65. The Balaban J connectivity index is 2.14. The van der Waals surface area contributed by atoms with E-state index in [9.17, 15) is 8.42 Å². The lowest BCUT2D eigenvalue weighted by Gasteiger charge is -2.34. The van der Waals surface area contributed by atoms with Crippen LogP contribution >= 0.6 is 0 Å². The molecule has 4 nitrogen and oxygen atoms in total. The maximum absolute atomic E-state index is 11.6. The molecule has 0 amide bonds. The van der Waals surface area contributed by atoms with Crippen LogP contribution < -0.4 is 4.90 Å². The van der Waals surface area contributed by atoms with Crippen LogP contribution in [-0.2, 0) is 16.4 Å². The number of anilines is 1. The van der Waals surface area contributed by atoms with Crippen LogP contribution in [0.15, 0.2) is 24.3 Å². The van der Waals surface area contributed by atoms with E-state index < -0.39 is 9.84 Å². The molecule has 0 aromatic heterocycles. The van der Waals surface area contributed by atoms with Crippen LogP contribution in [0.5, 0.6) is 0 Å². The third kappa shape index (κ3) is 3.48. The SMILES string of the molecule is C[C@H]1CS(=O)(=O)CCN1Cc1ccccc1N(C)C. The average molecular weight is 282 g/mol. The first-order valence-electron chi connectivity index (χ1n) is 6.59. The molecule has 1 aromatic rings. The highest BCUT2D eigenvalue weighted by atomic mass is 32.2. The molecular formula is C14H22N2O2S. The van der Waals surface area contributed by atoms with Gasteiger partial charge in [-0.05, 0) is 18.6 Å². The van der Waals surface area contributed by atoms with Crippen molar-refractivity contribution in [1.82, 2.24) is 4.90 Å². The smallest absolute Gasteiger partial charge is 0.153 e. The van der Waals surface area contributed by atoms with Gasteiger partial charge in [0.05, 0.1) is 11.5 Å². The maximum atomic E-state index is 11.6. The topological polar surface area (TPSA) is 40.6 Å². The zero-order valence-corrected chi connectivity index (χ0v) is 12.7. The van der Waals surface area contributed by atoms with Gasteiger partial charge in [0.15, 0.2) is 9.84 Å². The zero-order chi connectivity index (χ0) is 14.0. The molecule has 19 heavy (non-hydrogen) atoms. The standard InChI is InChI=1S/C14H22N2O2S/c1-12-11-19(17,18)9-8-16(12)10-13-6-4-5-7-14(13)15(2)3/h4-7,12H,8-11H2,1-3H3/t12-/m0/s1. The van der Waals surface area contributed by atoms with E-state index >= 15 is 0 Å². The van der Waals surface area contributed by atoms with Crippen LogP contribution in [0.25, 0.3) is 0 Å². The van der Waals surface area contributed by atoms with Crippen LogP contribution in [-0.4, -0.2) is 51.5 Å². The predicted octanol–water partition coefficient (Wildman–Crippen LogP) is 1.37. The van der Waals surface area contributed by atoms with Crippen molar-refractivity contribution in [3.05, 3.63) is 29.8 Å². The van der Waals surface area contributed by atoms with Gasteiger partial charge < -0.3 is 4.90 Å². The van der Waals surface area contributed by atoms with Crippen molar-refractivity contribution in [2.75, 3.05) is 37.0 Å². The van der Waals surface area contributed by atoms with Crippen molar-refractivity contribution in [1.29, 1.82) is 0 Å². The molecule has 0 N–H and O–H groups in total. The van der Waals surface area contributed by atoms with Crippen molar-refractivity contribution in [3.63, 3.8) is 0 Å². The van der Waals surface area contributed by atoms with E-state index in [0.717, 1.165) is 6.54 Å². The number of para-hydroxylation sites is 1. The van der Waals surface area contributed by atoms with Gasteiger partial charge in [0.25, 0.3) is 0 Å². The molecule has 0 bridgehead atoms. The zero-order valence-electron chi connectivity index (χ0n) is 11.8. The molecule has 1 heterocycles. The van der Waals surface area contributed by atoms with Crippen LogP contribution in [0, 0.1) is 0 Å². The molecule has 1 aromatic carbocycles. The number of nitrogens with zero attached hydrogens (tertiary/aromatic N) is 2. The number of sulfone groups is 1. The first-order valence-corrected chi connectivity index (χ1v) is 8.41. The summed E-state index contributed by atoms with van der Waals surface area (Å²) in [6.07, 6.45) is 0. The fourth-order valence-corrected chi connectivity index (χ4v) is 4.19. The fourth-order valence-electron chi connectivity index (χ4n) is 2.57. The Bertz CT molecular complexity index is 540. The van der Waals surface area contributed by atoms with Crippen LogP contribution in [0.1, 0.15) is 12.5 Å². The van der Waals surface area contributed by atoms with E-state index in [4.69, 9.17) is 0 Å². The minimum Gasteiger partial charge on any atom is -0.377 e. The number of hydrogen-bond acceptors (Lipinski definition) is 4. The van der Waals surface area contributed by atoms with Gasteiger partial charge in [-0.25, -0.2) is 8.42 Å². The lowest BCUT2D eigenvalue weighted by molar-refractivity contribution is 0.218. The van der Waals surface area contributed by atoms with Crippen molar-refractivity contribution in [3.8, 4) is 0 Å². The maximum Gasteiger partial charge on any atom is 0.153 e. The molecule has 106 valence electrons. The van der Waals surface area contributed by atoms with E-state index in [2.05, 4.69) is 21.9 Å². The molecule has 5 heteroatoms. The molecule has 2 rings (SSSR count).